The number of aldehydes is 1. The quantitative estimate of drug-likeness (QED) is 0.714. The molecule has 1 heterocycles. The third kappa shape index (κ3) is 1.87. The molecular weight excluding hydrogens is 198 g/mol. The van der Waals surface area contributed by atoms with Gasteiger partial charge in [0.15, 0.2) is 6.29 Å². The fourth-order valence-electron chi connectivity index (χ4n) is 1.75. The molecule has 2 heteroatoms. The zero-order chi connectivity index (χ0) is 11.5. The molecule has 0 aliphatic heterocycles. The summed E-state index contributed by atoms with van der Waals surface area (Å²) < 4.78 is 0. The SMILES string of the molecule is Cc1cnc(-c2ccccc2C)c(C=O)c1. The number of aromatic nitrogens is 1. The second-order valence-electron chi connectivity index (χ2n) is 3.88. The Kier molecular flexibility index (Phi) is 2.82. The van der Waals surface area contributed by atoms with E-state index in [4.69, 9.17) is 0 Å². The molecule has 0 aliphatic rings. The molecule has 0 spiro atoms. The predicted molar refractivity (Wildman–Crippen MR) is 64.5 cm³/mol. The lowest BCUT2D eigenvalue weighted by Crippen LogP contribution is -1.94. The molecule has 16 heavy (non-hydrogen) atoms. The summed E-state index contributed by atoms with van der Waals surface area (Å²) in [4.78, 5) is 15.4. The summed E-state index contributed by atoms with van der Waals surface area (Å²) in [5.41, 5.74) is 4.55. The van der Waals surface area contributed by atoms with Crippen molar-refractivity contribution in [3.63, 3.8) is 0 Å². The summed E-state index contributed by atoms with van der Waals surface area (Å²) in [5, 5.41) is 0. The molecule has 1 aromatic heterocycles. The Morgan fingerprint density at radius 3 is 2.62 bits per heavy atom. The van der Waals surface area contributed by atoms with Crippen molar-refractivity contribution >= 4 is 6.29 Å². The average molecular weight is 211 g/mol. The first kappa shape index (κ1) is 10.6. The second-order valence-corrected chi connectivity index (χ2v) is 3.88. The zero-order valence-corrected chi connectivity index (χ0v) is 9.40. The lowest BCUT2D eigenvalue weighted by molar-refractivity contribution is 0.112. The van der Waals surface area contributed by atoms with Crippen LogP contribution < -0.4 is 0 Å². The molecular formula is C14H13NO. The molecule has 0 aliphatic carbocycles. The number of carbonyl (C=O) groups excluding carboxylic acids is 1. The van der Waals surface area contributed by atoms with Crippen molar-refractivity contribution in [1.29, 1.82) is 0 Å². The van der Waals surface area contributed by atoms with E-state index in [2.05, 4.69) is 4.98 Å². The first-order valence-corrected chi connectivity index (χ1v) is 5.20. The van der Waals surface area contributed by atoms with Gasteiger partial charge >= 0.3 is 0 Å². The molecule has 0 saturated heterocycles. The maximum absolute atomic E-state index is 11.0. The van der Waals surface area contributed by atoms with Gasteiger partial charge in [0, 0.05) is 17.3 Å². The van der Waals surface area contributed by atoms with Gasteiger partial charge in [0.2, 0.25) is 0 Å². The molecule has 0 unspecified atom stereocenters. The van der Waals surface area contributed by atoms with Crippen molar-refractivity contribution in [3.05, 3.63) is 53.2 Å². The van der Waals surface area contributed by atoms with Gasteiger partial charge in [0.25, 0.3) is 0 Å². The van der Waals surface area contributed by atoms with Crippen molar-refractivity contribution in [3.8, 4) is 11.3 Å². The van der Waals surface area contributed by atoms with Crippen LogP contribution in [0.4, 0.5) is 0 Å². The first-order valence-electron chi connectivity index (χ1n) is 5.20. The van der Waals surface area contributed by atoms with Crippen LogP contribution in [0.25, 0.3) is 11.3 Å². The molecule has 0 bridgehead atoms. The van der Waals surface area contributed by atoms with Gasteiger partial charge in [-0.2, -0.15) is 0 Å². The molecule has 2 aromatic rings. The van der Waals surface area contributed by atoms with Crippen LogP contribution in [0.3, 0.4) is 0 Å². The van der Waals surface area contributed by atoms with E-state index in [1.165, 1.54) is 0 Å². The van der Waals surface area contributed by atoms with Crippen LogP contribution in [-0.2, 0) is 0 Å². The highest BCUT2D eigenvalue weighted by Gasteiger charge is 2.08. The van der Waals surface area contributed by atoms with Crippen molar-refractivity contribution in [2.75, 3.05) is 0 Å². The summed E-state index contributed by atoms with van der Waals surface area (Å²) in [5.74, 6) is 0. The zero-order valence-electron chi connectivity index (χ0n) is 9.40. The Morgan fingerprint density at radius 1 is 1.19 bits per heavy atom. The second kappa shape index (κ2) is 4.27. The van der Waals surface area contributed by atoms with Crippen molar-refractivity contribution < 1.29 is 4.79 Å². The summed E-state index contributed by atoms with van der Waals surface area (Å²) >= 11 is 0. The first-order chi connectivity index (χ1) is 7.72. The minimum absolute atomic E-state index is 0.648. The van der Waals surface area contributed by atoms with Crippen LogP contribution in [0.2, 0.25) is 0 Å². The summed E-state index contributed by atoms with van der Waals surface area (Å²) in [6.45, 7) is 3.95. The Bertz CT molecular complexity index is 532. The lowest BCUT2D eigenvalue weighted by atomic mass is 10.0. The smallest absolute Gasteiger partial charge is 0.152 e. The minimum Gasteiger partial charge on any atom is -0.298 e. The van der Waals surface area contributed by atoms with E-state index in [9.17, 15) is 4.79 Å². The van der Waals surface area contributed by atoms with E-state index in [1.807, 2.05) is 44.2 Å². The van der Waals surface area contributed by atoms with Crippen molar-refractivity contribution in [1.82, 2.24) is 4.98 Å². The Balaban J connectivity index is 2.65. The van der Waals surface area contributed by atoms with Gasteiger partial charge in [-0.15, -0.1) is 0 Å². The summed E-state index contributed by atoms with van der Waals surface area (Å²) in [6.07, 6.45) is 2.65. The molecule has 80 valence electrons. The van der Waals surface area contributed by atoms with Crippen molar-refractivity contribution in [2.24, 2.45) is 0 Å². The van der Waals surface area contributed by atoms with Crippen molar-refractivity contribution in [2.45, 2.75) is 13.8 Å². The number of pyridine rings is 1. The highest BCUT2D eigenvalue weighted by Crippen LogP contribution is 2.24. The predicted octanol–water partition coefficient (Wildman–Crippen LogP) is 3.18. The molecule has 0 saturated carbocycles. The molecule has 1 aromatic carbocycles. The number of carbonyl (C=O) groups is 1. The van der Waals surface area contributed by atoms with E-state index in [-0.39, 0.29) is 0 Å². The van der Waals surface area contributed by atoms with Gasteiger partial charge in [-0.05, 0) is 31.0 Å². The van der Waals surface area contributed by atoms with Crippen LogP contribution in [0.15, 0.2) is 36.5 Å². The minimum atomic E-state index is 0.648. The fraction of sp³-hybridized carbons (Fsp3) is 0.143. The Hall–Kier alpha value is -1.96. The number of hydrogen-bond acceptors (Lipinski definition) is 2. The average Bonchev–Trinajstić information content (AvgIpc) is 2.30. The number of benzene rings is 1. The molecule has 0 amide bonds. The van der Waals surface area contributed by atoms with Gasteiger partial charge in [-0.3, -0.25) is 9.78 Å². The molecule has 0 atom stereocenters. The highest BCUT2D eigenvalue weighted by molar-refractivity contribution is 5.86. The van der Waals surface area contributed by atoms with Gasteiger partial charge in [-0.1, -0.05) is 24.3 Å². The molecule has 0 N–H and O–H groups in total. The Labute approximate surface area is 95.0 Å². The van der Waals surface area contributed by atoms with E-state index in [0.29, 0.717) is 5.56 Å². The summed E-state index contributed by atoms with van der Waals surface area (Å²) in [7, 11) is 0. The summed E-state index contributed by atoms with van der Waals surface area (Å²) in [6, 6.07) is 9.80. The monoisotopic (exact) mass is 211 g/mol. The largest absolute Gasteiger partial charge is 0.298 e. The number of rotatable bonds is 2. The van der Waals surface area contributed by atoms with E-state index in [0.717, 1.165) is 28.7 Å². The van der Waals surface area contributed by atoms with Gasteiger partial charge in [0.05, 0.1) is 5.69 Å². The maximum atomic E-state index is 11.0. The van der Waals surface area contributed by atoms with Gasteiger partial charge in [0.1, 0.15) is 0 Å². The highest BCUT2D eigenvalue weighted by atomic mass is 16.1. The van der Waals surface area contributed by atoms with E-state index < -0.39 is 0 Å². The molecule has 0 radical (unpaired) electrons. The molecule has 0 fully saturated rings. The van der Waals surface area contributed by atoms with Gasteiger partial charge in [-0.25, -0.2) is 0 Å². The number of nitrogens with zero attached hydrogens (tertiary/aromatic N) is 1. The standard InChI is InChI=1S/C14H13NO/c1-10-7-12(9-16)14(15-8-10)13-6-4-3-5-11(13)2/h3-9H,1-2H3. The van der Waals surface area contributed by atoms with Gasteiger partial charge < -0.3 is 0 Å². The van der Waals surface area contributed by atoms with Crippen LogP contribution in [0.1, 0.15) is 21.5 Å². The lowest BCUT2D eigenvalue weighted by Gasteiger charge is -2.07. The third-order valence-corrected chi connectivity index (χ3v) is 2.58. The third-order valence-electron chi connectivity index (χ3n) is 2.58. The Morgan fingerprint density at radius 2 is 1.94 bits per heavy atom. The van der Waals surface area contributed by atoms with Crippen LogP contribution >= 0.6 is 0 Å². The normalized spacial score (nSPS) is 10.1. The number of aryl methyl sites for hydroxylation is 2. The number of hydrogen-bond donors (Lipinski definition) is 0. The topological polar surface area (TPSA) is 30.0 Å². The van der Waals surface area contributed by atoms with Crippen LogP contribution in [0.5, 0.6) is 0 Å². The fourth-order valence-corrected chi connectivity index (χ4v) is 1.75. The molecule has 2 nitrogen and oxygen atoms in total. The van der Waals surface area contributed by atoms with E-state index in [1.54, 1.807) is 6.20 Å². The van der Waals surface area contributed by atoms with E-state index >= 15 is 0 Å². The van der Waals surface area contributed by atoms with Crippen LogP contribution in [0, 0.1) is 13.8 Å². The molecule has 2 rings (SSSR count). The maximum Gasteiger partial charge on any atom is 0.152 e. The van der Waals surface area contributed by atoms with Crippen LogP contribution in [-0.4, -0.2) is 11.3 Å².